The average Bonchev–Trinajstić information content (AvgIpc) is 3.79. The topological polar surface area (TPSA) is 16.4 Å². The molecule has 0 N–H and O–H groups in total. The van der Waals surface area contributed by atoms with Gasteiger partial charge in [0.15, 0.2) is 0 Å². The van der Waals surface area contributed by atoms with Gasteiger partial charge in [-0.15, -0.1) is 0 Å². The van der Waals surface area contributed by atoms with Crippen LogP contribution in [0.2, 0.25) is 0 Å². The van der Waals surface area contributed by atoms with Gasteiger partial charge in [-0.25, -0.2) is 0 Å². The molecule has 1 aliphatic rings. The number of fused-ring (bicyclic) bond motifs is 12. The van der Waals surface area contributed by atoms with Gasteiger partial charge in [-0.3, -0.25) is 0 Å². The molecule has 0 aliphatic heterocycles. The molecule has 278 valence electrons. The van der Waals surface area contributed by atoms with Crippen LogP contribution in [-0.4, -0.2) is 0 Å². The van der Waals surface area contributed by atoms with Crippen LogP contribution < -0.4 is 4.90 Å². The van der Waals surface area contributed by atoms with Crippen LogP contribution in [0.1, 0.15) is 25.0 Å². The van der Waals surface area contributed by atoms with Crippen LogP contribution in [0.3, 0.4) is 0 Å². The van der Waals surface area contributed by atoms with E-state index in [4.69, 9.17) is 4.42 Å². The number of rotatable bonds is 5. The Balaban J connectivity index is 1.16. The molecule has 11 aromatic rings. The second-order valence-electron chi connectivity index (χ2n) is 16.5. The summed E-state index contributed by atoms with van der Waals surface area (Å²) in [5.41, 5.74) is 14.9. The molecule has 1 aliphatic carbocycles. The summed E-state index contributed by atoms with van der Waals surface area (Å²) in [5, 5.41) is 9.46. The minimum atomic E-state index is -0.147. The van der Waals surface area contributed by atoms with E-state index in [1.807, 2.05) is 0 Å². The highest BCUT2D eigenvalue weighted by atomic mass is 16.3. The summed E-state index contributed by atoms with van der Waals surface area (Å²) in [4.78, 5) is 2.42. The quantitative estimate of drug-likeness (QED) is 0.163. The Bertz CT molecular complexity index is 3460. The molecular formula is C57H39NO. The van der Waals surface area contributed by atoms with Crippen molar-refractivity contribution in [1.82, 2.24) is 0 Å². The molecule has 12 rings (SSSR count). The van der Waals surface area contributed by atoms with Crippen LogP contribution in [-0.2, 0) is 5.41 Å². The first kappa shape index (κ1) is 33.7. The van der Waals surface area contributed by atoms with Crippen molar-refractivity contribution < 1.29 is 4.42 Å². The summed E-state index contributed by atoms with van der Waals surface area (Å²) in [7, 11) is 0. The second-order valence-corrected chi connectivity index (χ2v) is 16.5. The maximum atomic E-state index is 7.19. The number of anilines is 3. The maximum absolute atomic E-state index is 7.19. The molecule has 10 aromatic carbocycles. The second kappa shape index (κ2) is 12.8. The van der Waals surface area contributed by atoms with E-state index in [9.17, 15) is 0 Å². The molecule has 0 atom stereocenters. The predicted octanol–water partition coefficient (Wildman–Crippen LogP) is 16.2. The van der Waals surface area contributed by atoms with Gasteiger partial charge in [-0.05, 0) is 108 Å². The molecule has 0 bridgehead atoms. The number of nitrogens with zero attached hydrogens (tertiary/aromatic N) is 1. The van der Waals surface area contributed by atoms with Gasteiger partial charge in [0.2, 0.25) is 0 Å². The SMILES string of the molecule is CC1(C)c2ccccc2-c2ccc(N(c3ccc(-c4ccccc4)cc3)c3cc(-c4ccc5ccccc5c4)c4c(c3)oc3c5ccccc5c5ccccc5c34)cc21. The minimum absolute atomic E-state index is 0.147. The van der Waals surface area contributed by atoms with Crippen molar-refractivity contribution in [2.45, 2.75) is 19.3 Å². The largest absolute Gasteiger partial charge is 0.455 e. The zero-order valence-electron chi connectivity index (χ0n) is 32.9. The van der Waals surface area contributed by atoms with Gasteiger partial charge in [0.25, 0.3) is 0 Å². The first-order valence-electron chi connectivity index (χ1n) is 20.5. The normalized spacial score (nSPS) is 13.1. The first-order valence-corrected chi connectivity index (χ1v) is 20.5. The zero-order valence-corrected chi connectivity index (χ0v) is 32.9. The number of hydrogen-bond donors (Lipinski definition) is 0. The monoisotopic (exact) mass is 753 g/mol. The molecular weight excluding hydrogens is 715 g/mol. The predicted molar refractivity (Wildman–Crippen MR) is 249 cm³/mol. The molecule has 0 spiro atoms. The molecule has 0 fully saturated rings. The highest BCUT2D eigenvalue weighted by molar-refractivity contribution is 6.32. The Hall–Kier alpha value is -7.42. The maximum Gasteiger partial charge on any atom is 0.143 e. The summed E-state index contributed by atoms with van der Waals surface area (Å²) in [6, 6.07) is 73.1. The molecule has 0 radical (unpaired) electrons. The van der Waals surface area contributed by atoms with Crippen molar-refractivity contribution in [3.05, 3.63) is 211 Å². The minimum Gasteiger partial charge on any atom is -0.455 e. The highest BCUT2D eigenvalue weighted by Crippen LogP contribution is 2.52. The third-order valence-corrected chi connectivity index (χ3v) is 12.8. The Morgan fingerprint density at radius 1 is 0.373 bits per heavy atom. The van der Waals surface area contributed by atoms with E-state index in [0.29, 0.717) is 0 Å². The van der Waals surface area contributed by atoms with Crippen LogP contribution in [0.4, 0.5) is 17.1 Å². The Morgan fingerprint density at radius 3 is 1.80 bits per heavy atom. The highest BCUT2D eigenvalue weighted by Gasteiger charge is 2.36. The lowest BCUT2D eigenvalue weighted by Gasteiger charge is -2.29. The Labute approximate surface area is 343 Å². The van der Waals surface area contributed by atoms with Crippen LogP contribution >= 0.6 is 0 Å². The van der Waals surface area contributed by atoms with Gasteiger partial charge in [-0.2, -0.15) is 0 Å². The molecule has 0 saturated heterocycles. The molecule has 0 unspecified atom stereocenters. The van der Waals surface area contributed by atoms with E-state index in [0.717, 1.165) is 55.5 Å². The summed E-state index contributed by atoms with van der Waals surface area (Å²) in [5.74, 6) is 0. The molecule has 59 heavy (non-hydrogen) atoms. The molecule has 0 saturated carbocycles. The first-order chi connectivity index (χ1) is 29.0. The molecule has 0 amide bonds. The van der Waals surface area contributed by atoms with Gasteiger partial charge in [0.05, 0.1) is 5.69 Å². The van der Waals surface area contributed by atoms with E-state index in [2.05, 4.69) is 219 Å². The lowest BCUT2D eigenvalue weighted by Crippen LogP contribution is -2.16. The number of furan rings is 1. The standard InChI is InChI=1S/C57H39NO/c1-57(2)51-23-13-12-20-46(51)47-31-30-42(34-52(47)57)58(41-28-26-38(27-29-41)36-14-4-3-5-15-36)43-33-50(40-25-24-37-16-6-7-17-39(37)32-40)54-53(35-43)59-56-49-22-11-9-19-45(49)44-18-8-10-21-48(44)55(54)56/h3-35H,1-2H3. The van der Waals surface area contributed by atoms with E-state index in [1.54, 1.807) is 0 Å². The van der Waals surface area contributed by atoms with Crippen molar-refractivity contribution in [1.29, 1.82) is 0 Å². The van der Waals surface area contributed by atoms with Gasteiger partial charge in [0.1, 0.15) is 11.2 Å². The van der Waals surface area contributed by atoms with Crippen LogP contribution in [0.15, 0.2) is 205 Å². The van der Waals surface area contributed by atoms with Crippen LogP contribution in [0, 0.1) is 0 Å². The molecule has 2 heteroatoms. The van der Waals surface area contributed by atoms with Crippen LogP contribution in [0.25, 0.3) is 87.6 Å². The van der Waals surface area contributed by atoms with E-state index >= 15 is 0 Å². The zero-order chi connectivity index (χ0) is 39.2. The van der Waals surface area contributed by atoms with E-state index in [1.165, 1.54) is 60.3 Å². The molecule has 1 aromatic heterocycles. The average molecular weight is 754 g/mol. The third kappa shape index (κ3) is 5.13. The van der Waals surface area contributed by atoms with Gasteiger partial charge < -0.3 is 9.32 Å². The summed E-state index contributed by atoms with van der Waals surface area (Å²) >= 11 is 0. The van der Waals surface area contributed by atoms with Crippen molar-refractivity contribution in [2.24, 2.45) is 0 Å². The Morgan fingerprint density at radius 2 is 0.983 bits per heavy atom. The number of benzene rings is 10. The third-order valence-electron chi connectivity index (χ3n) is 12.8. The van der Waals surface area contributed by atoms with Crippen molar-refractivity contribution in [3.8, 4) is 33.4 Å². The number of hydrogen-bond acceptors (Lipinski definition) is 2. The fraction of sp³-hybridized carbons (Fsp3) is 0.0526. The molecule has 2 nitrogen and oxygen atoms in total. The van der Waals surface area contributed by atoms with E-state index < -0.39 is 0 Å². The fourth-order valence-electron chi connectivity index (χ4n) is 9.94. The van der Waals surface area contributed by atoms with Gasteiger partial charge in [0, 0.05) is 39.0 Å². The lowest BCUT2D eigenvalue weighted by molar-refractivity contribution is 0.660. The fourth-order valence-corrected chi connectivity index (χ4v) is 9.94. The summed E-state index contributed by atoms with van der Waals surface area (Å²) in [6.45, 7) is 4.71. The lowest BCUT2D eigenvalue weighted by atomic mass is 9.82. The summed E-state index contributed by atoms with van der Waals surface area (Å²) < 4.78 is 7.19. The smallest absolute Gasteiger partial charge is 0.143 e. The molecule has 1 heterocycles. The summed E-state index contributed by atoms with van der Waals surface area (Å²) in [6.07, 6.45) is 0. The Kier molecular flexibility index (Phi) is 7.31. The van der Waals surface area contributed by atoms with Gasteiger partial charge >= 0.3 is 0 Å². The van der Waals surface area contributed by atoms with E-state index in [-0.39, 0.29) is 5.41 Å². The van der Waals surface area contributed by atoms with Crippen molar-refractivity contribution in [2.75, 3.05) is 4.90 Å². The van der Waals surface area contributed by atoms with Crippen molar-refractivity contribution in [3.63, 3.8) is 0 Å². The van der Waals surface area contributed by atoms with Crippen LogP contribution in [0.5, 0.6) is 0 Å². The van der Waals surface area contributed by atoms with Crippen molar-refractivity contribution >= 4 is 71.3 Å². The van der Waals surface area contributed by atoms with Gasteiger partial charge in [-0.1, -0.05) is 172 Å².